The smallest absolute Gasteiger partial charge is 0.220 e. The summed E-state index contributed by atoms with van der Waals surface area (Å²) >= 11 is 0. The molecular weight excluding hydrogens is 216 g/mol. The zero-order chi connectivity index (χ0) is 12.3. The monoisotopic (exact) mass is 238 g/mol. The molecule has 96 valence electrons. The highest BCUT2D eigenvalue weighted by Crippen LogP contribution is 2.04. The van der Waals surface area contributed by atoms with Crippen LogP contribution < -0.4 is 5.32 Å². The Kier molecular flexibility index (Phi) is 7.02. The van der Waals surface area contributed by atoms with Gasteiger partial charge in [0.1, 0.15) is 12.2 Å². The predicted molar refractivity (Wildman–Crippen MR) is 66.5 cm³/mol. The van der Waals surface area contributed by atoms with Crippen molar-refractivity contribution in [3.05, 3.63) is 12.2 Å². The van der Waals surface area contributed by atoms with Crippen molar-refractivity contribution >= 4 is 5.91 Å². The van der Waals surface area contributed by atoms with E-state index in [0.29, 0.717) is 19.4 Å². The first-order valence-corrected chi connectivity index (χ1v) is 6.44. The minimum absolute atomic E-state index is 0.140. The van der Waals surface area contributed by atoms with Gasteiger partial charge in [-0.3, -0.25) is 9.89 Å². The molecule has 2 N–H and O–H groups in total. The molecular formula is C12H22N4O. The Morgan fingerprint density at radius 2 is 2.18 bits per heavy atom. The Morgan fingerprint density at radius 1 is 1.35 bits per heavy atom. The van der Waals surface area contributed by atoms with Crippen molar-refractivity contribution in [2.45, 2.75) is 51.9 Å². The third-order valence-electron chi connectivity index (χ3n) is 2.66. The average Bonchev–Trinajstić information content (AvgIpc) is 2.82. The first kappa shape index (κ1) is 13.7. The van der Waals surface area contributed by atoms with E-state index >= 15 is 0 Å². The summed E-state index contributed by atoms with van der Waals surface area (Å²) in [7, 11) is 0. The topological polar surface area (TPSA) is 70.7 Å². The van der Waals surface area contributed by atoms with E-state index in [9.17, 15) is 4.79 Å². The van der Waals surface area contributed by atoms with Gasteiger partial charge in [-0.05, 0) is 6.42 Å². The van der Waals surface area contributed by atoms with E-state index in [1.165, 1.54) is 25.6 Å². The molecule has 0 spiro atoms. The van der Waals surface area contributed by atoms with Gasteiger partial charge in [0.15, 0.2) is 0 Å². The Balaban J connectivity index is 1.94. The lowest BCUT2D eigenvalue weighted by atomic mass is 10.1. The van der Waals surface area contributed by atoms with Crippen LogP contribution in [0.15, 0.2) is 6.33 Å². The van der Waals surface area contributed by atoms with Gasteiger partial charge in [0, 0.05) is 19.4 Å². The number of amides is 1. The van der Waals surface area contributed by atoms with E-state index < -0.39 is 0 Å². The summed E-state index contributed by atoms with van der Waals surface area (Å²) in [6, 6.07) is 0. The van der Waals surface area contributed by atoms with Crippen LogP contribution in [0.25, 0.3) is 0 Å². The van der Waals surface area contributed by atoms with Crippen molar-refractivity contribution in [3.8, 4) is 0 Å². The molecule has 0 saturated heterocycles. The summed E-state index contributed by atoms with van der Waals surface area (Å²) in [6.07, 6.45) is 8.72. The van der Waals surface area contributed by atoms with Gasteiger partial charge in [-0.15, -0.1) is 0 Å². The number of hydrogen-bond donors (Lipinski definition) is 2. The van der Waals surface area contributed by atoms with Crippen molar-refractivity contribution in [2.24, 2.45) is 0 Å². The van der Waals surface area contributed by atoms with Gasteiger partial charge in [0.05, 0.1) is 0 Å². The Labute approximate surface area is 102 Å². The standard InChI is InChI=1S/C12H22N4O/c1-2-3-4-5-6-7-12(17)13-9-8-11-14-10-15-16-11/h10H,2-9H2,1H3,(H,13,17)(H,14,15,16). The van der Waals surface area contributed by atoms with Crippen LogP contribution in [0.5, 0.6) is 0 Å². The minimum atomic E-state index is 0.140. The second-order valence-electron chi connectivity index (χ2n) is 4.20. The third-order valence-corrected chi connectivity index (χ3v) is 2.66. The summed E-state index contributed by atoms with van der Waals surface area (Å²) < 4.78 is 0. The molecule has 5 nitrogen and oxygen atoms in total. The third kappa shape index (κ3) is 6.71. The molecule has 0 fully saturated rings. The zero-order valence-corrected chi connectivity index (χ0v) is 10.5. The van der Waals surface area contributed by atoms with E-state index in [0.717, 1.165) is 18.7 Å². The van der Waals surface area contributed by atoms with Crippen LogP contribution in [0, 0.1) is 0 Å². The van der Waals surface area contributed by atoms with Gasteiger partial charge in [0.25, 0.3) is 0 Å². The van der Waals surface area contributed by atoms with Crippen LogP contribution in [-0.4, -0.2) is 27.6 Å². The van der Waals surface area contributed by atoms with Crippen LogP contribution in [0.3, 0.4) is 0 Å². The van der Waals surface area contributed by atoms with E-state index in [1.807, 2.05) is 0 Å². The van der Waals surface area contributed by atoms with E-state index in [2.05, 4.69) is 27.4 Å². The van der Waals surface area contributed by atoms with Crippen LogP contribution >= 0.6 is 0 Å². The molecule has 1 aromatic heterocycles. The van der Waals surface area contributed by atoms with Crippen molar-refractivity contribution in [1.29, 1.82) is 0 Å². The normalized spacial score (nSPS) is 10.4. The lowest BCUT2D eigenvalue weighted by Crippen LogP contribution is -2.25. The zero-order valence-electron chi connectivity index (χ0n) is 10.5. The van der Waals surface area contributed by atoms with Crippen molar-refractivity contribution in [1.82, 2.24) is 20.5 Å². The molecule has 1 rings (SSSR count). The highest BCUT2D eigenvalue weighted by Gasteiger charge is 2.01. The first-order valence-electron chi connectivity index (χ1n) is 6.44. The molecule has 1 heterocycles. The quantitative estimate of drug-likeness (QED) is 0.645. The van der Waals surface area contributed by atoms with Gasteiger partial charge >= 0.3 is 0 Å². The van der Waals surface area contributed by atoms with Gasteiger partial charge in [0.2, 0.25) is 5.91 Å². The molecule has 0 aliphatic heterocycles. The summed E-state index contributed by atoms with van der Waals surface area (Å²) in [5, 5.41) is 9.40. The molecule has 0 unspecified atom stereocenters. The fraction of sp³-hybridized carbons (Fsp3) is 0.750. The van der Waals surface area contributed by atoms with Gasteiger partial charge in [-0.25, -0.2) is 4.98 Å². The van der Waals surface area contributed by atoms with Crippen molar-refractivity contribution in [2.75, 3.05) is 6.54 Å². The van der Waals surface area contributed by atoms with Gasteiger partial charge in [-0.1, -0.05) is 32.6 Å². The van der Waals surface area contributed by atoms with E-state index in [1.54, 1.807) is 0 Å². The maximum atomic E-state index is 11.4. The highest BCUT2D eigenvalue weighted by molar-refractivity contribution is 5.75. The Bertz CT molecular complexity index is 297. The molecule has 0 radical (unpaired) electrons. The molecule has 1 amide bonds. The molecule has 0 aromatic carbocycles. The molecule has 0 saturated carbocycles. The van der Waals surface area contributed by atoms with Crippen molar-refractivity contribution < 1.29 is 4.79 Å². The van der Waals surface area contributed by atoms with Crippen molar-refractivity contribution in [3.63, 3.8) is 0 Å². The fourth-order valence-electron chi connectivity index (χ4n) is 1.65. The maximum Gasteiger partial charge on any atom is 0.220 e. The first-order chi connectivity index (χ1) is 8.33. The minimum Gasteiger partial charge on any atom is -0.356 e. The largest absolute Gasteiger partial charge is 0.356 e. The number of carbonyl (C=O) groups excluding carboxylic acids is 1. The summed E-state index contributed by atoms with van der Waals surface area (Å²) in [4.78, 5) is 15.4. The maximum absolute atomic E-state index is 11.4. The van der Waals surface area contributed by atoms with Gasteiger partial charge in [-0.2, -0.15) is 5.10 Å². The lowest BCUT2D eigenvalue weighted by molar-refractivity contribution is -0.121. The molecule has 0 bridgehead atoms. The number of carbonyl (C=O) groups is 1. The second kappa shape index (κ2) is 8.73. The molecule has 17 heavy (non-hydrogen) atoms. The number of rotatable bonds is 9. The fourth-order valence-corrected chi connectivity index (χ4v) is 1.65. The molecule has 0 atom stereocenters. The number of aromatic nitrogens is 3. The van der Waals surface area contributed by atoms with Gasteiger partial charge < -0.3 is 5.32 Å². The Morgan fingerprint density at radius 3 is 2.88 bits per heavy atom. The van der Waals surface area contributed by atoms with Crippen LogP contribution in [-0.2, 0) is 11.2 Å². The van der Waals surface area contributed by atoms with Crippen LogP contribution in [0.2, 0.25) is 0 Å². The lowest BCUT2D eigenvalue weighted by Gasteiger charge is -2.03. The number of nitrogens with zero attached hydrogens (tertiary/aromatic N) is 2. The Hall–Kier alpha value is -1.39. The predicted octanol–water partition coefficient (Wildman–Crippen LogP) is 1.82. The number of unbranched alkanes of at least 4 members (excludes halogenated alkanes) is 4. The van der Waals surface area contributed by atoms with E-state index in [-0.39, 0.29) is 5.91 Å². The number of nitrogens with one attached hydrogen (secondary N) is 2. The van der Waals surface area contributed by atoms with E-state index in [4.69, 9.17) is 0 Å². The SMILES string of the molecule is CCCCCCCC(=O)NCCc1ncn[nH]1. The number of hydrogen-bond acceptors (Lipinski definition) is 3. The molecule has 5 heteroatoms. The molecule has 1 aromatic rings. The summed E-state index contributed by atoms with van der Waals surface area (Å²) in [5.74, 6) is 0.953. The summed E-state index contributed by atoms with van der Waals surface area (Å²) in [6.45, 7) is 2.82. The summed E-state index contributed by atoms with van der Waals surface area (Å²) in [5.41, 5.74) is 0. The highest BCUT2D eigenvalue weighted by atomic mass is 16.1. The number of H-pyrrole nitrogens is 1. The second-order valence-corrected chi connectivity index (χ2v) is 4.20. The van der Waals surface area contributed by atoms with Crippen LogP contribution in [0.4, 0.5) is 0 Å². The molecule has 0 aliphatic carbocycles. The van der Waals surface area contributed by atoms with Crippen LogP contribution in [0.1, 0.15) is 51.3 Å². The number of aromatic amines is 1. The average molecular weight is 238 g/mol. The molecule has 0 aliphatic rings.